The van der Waals surface area contributed by atoms with Crippen molar-refractivity contribution in [2.45, 2.75) is 32.4 Å². The lowest BCUT2D eigenvalue weighted by atomic mass is 10.1. The Labute approximate surface area is 108 Å². The number of hydrogen-bond donors (Lipinski definition) is 2. The SMILES string of the molecule is CCC(C)(O)COc1ccc(Cl)cc1CNC. The van der Waals surface area contributed by atoms with Crippen molar-refractivity contribution in [2.75, 3.05) is 13.7 Å². The first-order chi connectivity index (χ1) is 7.98. The molecule has 1 unspecified atom stereocenters. The monoisotopic (exact) mass is 257 g/mol. The number of nitrogens with one attached hydrogen (secondary N) is 1. The summed E-state index contributed by atoms with van der Waals surface area (Å²) in [6, 6.07) is 5.49. The molecular formula is C13H20ClNO2. The van der Waals surface area contributed by atoms with Gasteiger partial charge in [0.1, 0.15) is 12.4 Å². The molecule has 1 rings (SSSR count). The summed E-state index contributed by atoms with van der Waals surface area (Å²) in [6.07, 6.45) is 0.655. The number of hydrogen-bond acceptors (Lipinski definition) is 3. The molecule has 0 saturated carbocycles. The van der Waals surface area contributed by atoms with Crippen LogP contribution >= 0.6 is 11.6 Å². The fraction of sp³-hybridized carbons (Fsp3) is 0.538. The number of ether oxygens (including phenoxy) is 1. The van der Waals surface area contributed by atoms with Crippen LogP contribution in [0.15, 0.2) is 18.2 Å². The van der Waals surface area contributed by atoms with Gasteiger partial charge in [0.15, 0.2) is 0 Å². The average molecular weight is 258 g/mol. The van der Waals surface area contributed by atoms with Crippen molar-refractivity contribution >= 4 is 11.6 Å². The van der Waals surface area contributed by atoms with E-state index < -0.39 is 5.60 Å². The summed E-state index contributed by atoms with van der Waals surface area (Å²) in [5, 5.41) is 13.6. The highest BCUT2D eigenvalue weighted by Crippen LogP contribution is 2.24. The molecule has 1 aromatic rings. The Hall–Kier alpha value is -0.770. The lowest BCUT2D eigenvalue weighted by Crippen LogP contribution is -2.31. The quantitative estimate of drug-likeness (QED) is 0.823. The molecule has 0 amide bonds. The maximum Gasteiger partial charge on any atom is 0.124 e. The van der Waals surface area contributed by atoms with E-state index in [1.807, 2.05) is 26.1 Å². The third-order valence-electron chi connectivity index (χ3n) is 2.69. The largest absolute Gasteiger partial charge is 0.490 e. The van der Waals surface area contributed by atoms with Crippen LogP contribution in [0.25, 0.3) is 0 Å². The fourth-order valence-corrected chi connectivity index (χ4v) is 1.55. The first-order valence-corrected chi connectivity index (χ1v) is 6.14. The molecular weight excluding hydrogens is 238 g/mol. The first kappa shape index (κ1) is 14.3. The summed E-state index contributed by atoms with van der Waals surface area (Å²) < 4.78 is 5.65. The van der Waals surface area contributed by atoms with Crippen LogP contribution in [-0.4, -0.2) is 24.4 Å². The predicted molar refractivity (Wildman–Crippen MR) is 70.6 cm³/mol. The Morgan fingerprint density at radius 1 is 1.47 bits per heavy atom. The summed E-state index contributed by atoms with van der Waals surface area (Å²) in [5.41, 5.74) is 0.197. The molecule has 0 aliphatic carbocycles. The van der Waals surface area contributed by atoms with E-state index in [0.29, 0.717) is 18.0 Å². The fourth-order valence-electron chi connectivity index (χ4n) is 1.35. The minimum Gasteiger partial charge on any atom is -0.490 e. The number of halogens is 1. The molecule has 0 aliphatic rings. The smallest absolute Gasteiger partial charge is 0.124 e. The Kier molecular flexibility index (Phi) is 5.25. The van der Waals surface area contributed by atoms with Gasteiger partial charge in [-0.2, -0.15) is 0 Å². The van der Waals surface area contributed by atoms with E-state index in [1.165, 1.54) is 0 Å². The molecule has 0 aromatic heterocycles. The van der Waals surface area contributed by atoms with E-state index in [2.05, 4.69) is 5.32 Å². The number of benzene rings is 1. The van der Waals surface area contributed by atoms with Gasteiger partial charge >= 0.3 is 0 Å². The second-order valence-corrected chi connectivity index (χ2v) is 4.86. The van der Waals surface area contributed by atoms with Crippen LogP contribution < -0.4 is 10.1 Å². The van der Waals surface area contributed by atoms with Crippen LogP contribution in [0.3, 0.4) is 0 Å². The van der Waals surface area contributed by atoms with Gasteiger partial charge in [0.25, 0.3) is 0 Å². The zero-order valence-electron chi connectivity index (χ0n) is 10.6. The molecule has 1 atom stereocenters. The summed E-state index contributed by atoms with van der Waals surface area (Å²) in [7, 11) is 1.87. The Bertz CT molecular complexity index is 366. The minimum atomic E-state index is -0.795. The summed E-state index contributed by atoms with van der Waals surface area (Å²) in [6.45, 7) is 4.66. The van der Waals surface area contributed by atoms with E-state index in [1.54, 1.807) is 13.0 Å². The van der Waals surface area contributed by atoms with Gasteiger partial charge in [-0.05, 0) is 38.6 Å². The van der Waals surface area contributed by atoms with Crippen molar-refractivity contribution < 1.29 is 9.84 Å². The van der Waals surface area contributed by atoms with Crippen molar-refractivity contribution in [2.24, 2.45) is 0 Å². The molecule has 0 radical (unpaired) electrons. The lowest BCUT2D eigenvalue weighted by Gasteiger charge is -2.22. The van der Waals surface area contributed by atoms with Crippen LogP contribution in [-0.2, 0) is 6.54 Å². The normalized spacial score (nSPS) is 14.4. The Balaban J connectivity index is 2.76. The summed E-state index contributed by atoms with van der Waals surface area (Å²) in [4.78, 5) is 0. The van der Waals surface area contributed by atoms with Crippen molar-refractivity contribution in [3.63, 3.8) is 0 Å². The predicted octanol–water partition coefficient (Wildman–Crippen LogP) is 2.60. The van der Waals surface area contributed by atoms with Crippen molar-refractivity contribution in [1.82, 2.24) is 5.32 Å². The van der Waals surface area contributed by atoms with Gasteiger partial charge in [0.2, 0.25) is 0 Å². The van der Waals surface area contributed by atoms with E-state index in [9.17, 15) is 5.11 Å². The molecule has 0 aliphatic heterocycles. The van der Waals surface area contributed by atoms with Crippen molar-refractivity contribution in [3.8, 4) is 5.75 Å². The standard InChI is InChI=1S/C13H20ClNO2/c1-4-13(2,16)9-17-12-6-5-11(14)7-10(12)8-15-3/h5-7,15-16H,4,8-9H2,1-3H3. The van der Waals surface area contributed by atoms with Crippen LogP contribution in [0.1, 0.15) is 25.8 Å². The molecule has 4 heteroatoms. The molecule has 3 nitrogen and oxygen atoms in total. The molecule has 2 N–H and O–H groups in total. The van der Waals surface area contributed by atoms with Gasteiger partial charge in [-0.25, -0.2) is 0 Å². The molecule has 0 bridgehead atoms. The average Bonchev–Trinajstić information content (AvgIpc) is 2.28. The maximum atomic E-state index is 9.89. The molecule has 0 heterocycles. The van der Waals surface area contributed by atoms with Gasteiger partial charge < -0.3 is 15.2 Å². The zero-order valence-corrected chi connectivity index (χ0v) is 11.3. The molecule has 0 spiro atoms. The van der Waals surface area contributed by atoms with Crippen molar-refractivity contribution in [3.05, 3.63) is 28.8 Å². The van der Waals surface area contributed by atoms with Gasteiger partial charge in [-0.3, -0.25) is 0 Å². The van der Waals surface area contributed by atoms with Crippen molar-refractivity contribution in [1.29, 1.82) is 0 Å². The van der Waals surface area contributed by atoms with Gasteiger partial charge in [-0.15, -0.1) is 0 Å². The van der Waals surface area contributed by atoms with Gasteiger partial charge in [0.05, 0.1) is 5.60 Å². The van der Waals surface area contributed by atoms with Gasteiger partial charge in [-0.1, -0.05) is 18.5 Å². The van der Waals surface area contributed by atoms with Crippen LogP contribution in [0.5, 0.6) is 5.75 Å². The second kappa shape index (κ2) is 6.24. The highest BCUT2D eigenvalue weighted by molar-refractivity contribution is 6.30. The van der Waals surface area contributed by atoms with Crippen LogP contribution in [0.2, 0.25) is 5.02 Å². The zero-order chi connectivity index (χ0) is 12.9. The van der Waals surface area contributed by atoms with E-state index >= 15 is 0 Å². The topological polar surface area (TPSA) is 41.5 Å². The molecule has 1 aromatic carbocycles. The second-order valence-electron chi connectivity index (χ2n) is 4.42. The van der Waals surface area contributed by atoms with Crippen LogP contribution in [0, 0.1) is 0 Å². The maximum absolute atomic E-state index is 9.89. The summed E-state index contributed by atoms with van der Waals surface area (Å²) >= 11 is 5.94. The number of aliphatic hydroxyl groups is 1. The Morgan fingerprint density at radius 2 is 2.18 bits per heavy atom. The third-order valence-corrected chi connectivity index (χ3v) is 2.93. The highest BCUT2D eigenvalue weighted by atomic mass is 35.5. The van der Waals surface area contributed by atoms with E-state index in [-0.39, 0.29) is 6.61 Å². The molecule has 96 valence electrons. The minimum absolute atomic E-state index is 0.280. The van der Waals surface area contributed by atoms with Crippen LogP contribution in [0.4, 0.5) is 0 Å². The summed E-state index contributed by atoms with van der Waals surface area (Å²) in [5.74, 6) is 0.762. The lowest BCUT2D eigenvalue weighted by molar-refractivity contribution is 0.00817. The highest BCUT2D eigenvalue weighted by Gasteiger charge is 2.19. The van der Waals surface area contributed by atoms with E-state index in [4.69, 9.17) is 16.3 Å². The van der Waals surface area contributed by atoms with E-state index in [0.717, 1.165) is 11.3 Å². The number of rotatable bonds is 6. The molecule has 0 fully saturated rings. The van der Waals surface area contributed by atoms with Gasteiger partial charge in [0, 0.05) is 17.1 Å². The third kappa shape index (κ3) is 4.54. The molecule has 0 saturated heterocycles. The Morgan fingerprint density at radius 3 is 2.76 bits per heavy atom. The molecule has 17 heavy (non-hydrogen) atoms. The first-order valence-electron chi connectivity index (χ1n) is 5.76.